The van der Waals surface area contributed by atoms with E-state index in [0.717, 1.165) is 30.1 Å². The van der Waals surface area contributed by atoms with Gasteiger partial charge in [-0.2, -0.15) is 13.2 Å². The zero-order chi connectivity index (χ0) is 37.8. The quantitative estimate of drug-likeness (QED) is 0.117. The number of methoxy groups -OCH3 is 3. The molecule has 10 nitrogen and oxygen atoms in total. The highest BCUT2D eigenvalue weighted by Crippen LogP contribution is 2.42. The fraction of sp³-hybridized carbons (Fsp3) is 0.474. The summed E-state index contributed by atoms with van der Waals surface area (Å²) in [6, 6.07) is 14.7. The summed E-state index contributed by atoms with van der Waals surface area (Å²) in [7, 11) is 4.44. The Kier molecular flexibility index (Phi) is 11.6. The molecule has 2 aliphatic rings. The van der Waals surface area contributed by atoms with Crippen LogP contribution in [0.5, 0.6) is 17.2 Å². The molecule has 53 heavy (non-hydrogen) atoms. The van der Waals surface area contributed by atoms with Crippen molar-refractivity contribution in [1.82, 2.24) is 19.4 Å². The number of alkyl halides is 3. The van der Waals surface area contributed by atoms with Crippen LogP contribution < -0.4 is 19.1 Å². The Morgan fingerprint density at radius 2 is 1.62 bits per heavy atom. The third kappa shape index (κ3) is 8.46. The van der Waals surface area contributed by atoms with Crippen molar-refractivity contribution in [1.29, 1.82) is 0 Å². The van der Waals surface area contributed by atoms with E-state index in [4.69, 9.17) is 23.9 Å². The van der Waals surface area contributed by atoms with Gasteiger partial charge in [-0.1, -0.05) is 18.2 Å². The standard InChI is InChI=1S/C38H44F5N5O5/c1-50-32-21-26(22-33(51-2)34(32)52-3)35(49)47-16-12-37(24-47,27-9-10-28(39)29(40)23-27)11-15-45-13-6-14-46(18-17-45)36-44-30-7-4-5-8-31(30)48(36)19-20-53-25-38(41,42)43/h4-5,7-10,21-23H,6,11-20,24-25H2,1-3H3. The topological polar surface area (TPSA) is 81.5 Å². The molecule has 0 spiro atoms. The predicted octanol–water partition coefficient (Wildman–Crippen LogP) is 6.31. The summed E-state index contributed by atoms with van der Waals surface area (Å²) in [5, 5.41) is 0. The number of fused-ring (bicyclic) bond motifs is 1. The molecule has 6 rings (SSSR count). The highest BCUT2D eigenvalue weighted by Gasteiger charge is 2.42. The molecule has 0 aliphatic carbocycles. The van der Waals surface area contributed by atoms with E-state index >= 15 is 0 Å². The second-order valence-electron chi connectivity index (χ2n) is 13.5. The number of ether oxygens (including phenoxy) is 4. The molecule has 3 heterocycles. The molecular formula is C38H44F5N5O5. The fourth-order valence-electron chi connectivity index (χ4n) is 7.48. The smallest absolute Gasteiger partial charge is 0.411 e. The number of carbonyl (C=O) groups is 1. The Balaban J connectivity index is 1.18. The second kappa shape index (κ2) is 16.2. The van der Waals surface area contributed by atoms with Crippen LogP contribution in [0.1, 0.15) is 35.2 Å². The number of anilines is 1. The first kappa shape index (κ1) is 38.1. The molecule has 2 aliphatic heterocycles. The molecule has 286 valence electrons. The molecule has 3 aromatic carbocycles. The first-order valence-electron chi connectivity index (χ1n) is 17.6. The summed E-state index contributed by atoms with van der Waals surface area (Å²) in [6.45, 7) is 2.90. The zero-order valence-corrected chi connectivity index (χ0v) is 30.1. The summed E-state index contributed by atoms with van der Waals surface area (Å²) >= 11 is 0. The van der Waals surface area contributed by atoms with Crippen LogP contribution in [0.15, 0.2) is 54.6 Å². The van der Waals surface area contributed by atoms with Gasteiger partial charge in [0.2, 0.25) is 11.7 Å². The number of benzene rings is 3. The molecule has 4 aromatic rings. The van der Waals surface area contributed by atoms with Gasteiger partial charge in [0, 0.05) is 50.2 Å². The SMILES string of the molecule is COc1cc(C(=O)N2CCC(CCN3CCCN(c4nc5ccccc5n4CCOCC(F)(F)F)CC3)(c3ccc(F)c(F)c3)C2)cc(OC)c1OC. The van der Waals surface area contributed by atoms with Gasteiger partial charge in [-0.3, -0.25) is 4.79 Å². The molecule has 1 unspecified atom stereocenters. The Bertz CT molecular complexity index is 1880. The number of aromatic nitrogens is 2. The summed E-state index contributed by atoms with van der Waals surface area (Å²) in [5.41, 5.74) is 1.92. The molecule has 1 atom stereocenters. The zero-order valence-electron chi connectivity index (χ0n) is 30.1. The minimum Gasteiger partial charge on any atom is -0.493 e. The van der Waals surface area contributed by atoms with Crippen LogP contribution in [0.3, 0.4) is 0 Å². The predicted molar refractivity (Wildman–Crippen MR) is 189 cm³/mol. The monoisotopic (exact) mass is 745 g/mol. The molecule has 2 saturated heterocycles. The second-order valence-corrected chi connectivity index (χ2v) is 13.5. The molecule has 0 N–H and O–H groups in total. The van der Waals surface area contributed by atoms with Gasteiger partial charge in [0.1, 0.15) is 6.61 Å². The van der Waals surface area contributed by atoms with Crippen molar-refractivity contribution in [3.05, 3.63) is 77.4 Å². The Morgan fingerprint density at radius 1 is 0.868 bits per heavy atom. The Morgan fingerprint density at radius 3 is 2.32 bits per heavy atom. The van der Waals surface area contributed by atoms with Crippen LogP contribution in [0.2, 0.25) is 0 Å². The number of hydrogen-bond acceptors (Lipinski definition) is 8. The number of rotatable bonds is 13. The average molecular weight is 746 g/mol. The minimum atomic E-state index is -4.40. The van der Waals surface area contributed by atoms with Crippen molar-refractivity contribution in [3.63, 3.8) is 0 Å². The van der Waals surface area contributed by atoms with Gasteiger partial charge in [0.15, 0.2) is 23.1 Å². The largest absolute Gasteiger partial charge is 0.493 e. The van der Waals surface area contributed by atoms with Gasteiger partial charge in [0.25, 0.3) is 5.91 Å². The number of carbonyl (C=O) groups excluding carboxylic acids is 1. The Hall–Kier alpha value is -4.63. The van der Waals surface area contributed by atoms with Crippen LogP contribution in [0, 0.1) is 11.6 Å². The van der Waals surface area contributed by atoms with Gasteiger partial charge in [-0.05, 0) is 74.3 Å². The van der Waals surface area contributed by atoms with E-state index in [1.807, 2.05) is 28.8 Å². The van der Waals surface area contributed by atoms with E-state index in [1.54, 1.807) is 23.1 Å². The highest BCUT2D eigenvalue weighted by molar-refractivity contribution is 5.96. The van der Waals surface area contributed by atoms with Crippen LogP contribution >= 0.6 is 0 Å². The third-order valence-electron chi connectivity index (χ3n) is 10.2. The number of hydrogen-bond donors (Lipinski definition) is 0. The normalized spacial score (nSPS) is 18.4. The van der Waals surface area contributed by atoms with Gasteiger partial charge >= 0.3 is 6.18 Å². The van der Waals surface area contributed by atoms with Gasteiger partial charge in [-0.15, -0.1) is 0 Å². The molecule has 0 bridgehead atoms. The van der Waals surface area contributed by atoms with E-state index in [1.165, 1.54) is 27.4 Å². The van der Waals surface area contributed by atoms with Crippen molar-refractivity contribution >= 4 is 22.9 Å². The third-order valence-corrected chi connectivity index (χ3v) is 10.2. The van der Waals surface area contributed by atoms with E-state index in [9.17, 15) is 26.7 Å². The van der Waals surface area contributed by atoms with Crippen LogP contribution in [-0.4, -0.2) is 112 Å². The molecule has 0 radical (unpaired) electrons. The van der Waals surface area contributed by atoms with E-state index < -0.39 is 29.8 Å². The van der Waals surface area contributed by atoms with E-state index in [-0.39, 0.29) is 19.1 Å². The number of amides is 1. The first-order valence-corrected chi connectivity index (χ1v) is 17.6. The summed E-state index contributed by atoms with van der Waals surface area (Å²) < 4.78 is 90.2. The Labute approximate surface area is 305 Å². The lowest BCUT2D eigenvalue weighted by Gasteiger charge is -2.33. The molecule has 15 heteroatoms. The van der Waals surface area contributed by atoms with Crippen molar-refractivity contribution in [2.45, 2.75) is 37.4 Å². The number of imidazole rings is 1. The van der Waals surface area contributed by atoms with Crippen LogP contribution in [0.4, 0.5) is 27.9 Å². The molecule has 1 aromatic heterocycles. The summed E-state index contributed by atoms with van der Waals surface area (Å²) in [6.07, 6.45) is -2.46. The molecule has 1 amide bonds. The lowest BCUT2D eigenvalue weighted by molar-refractivity contribution is -0.174. The first-order chi connectivity index (χ1) is 25.4. The highest BCUT2D eigenvalue weighted by atomic mass is 19.4. The number of halogens is 5. The van der Waals surface area contributed by atoms with E-state index in [2.05, 4.69) is 9.80 Å². The summed E-state index contributed by atoms with van der Waals surface area (Å²) in [4.78, 5) is 25.0. The van der Waals surface area contributed by atoms with Gasteiger partial charge < -0.3 is 38.2 Å². The number of para-hydroxylation sites is 2. The van der Waals surface area contributed by atoms with E-state index in [0.29, 0.717) is 86.4 Å². The lowest BCUT2D eigenvalue weighted by atomic mass is 9.76. The summed E-state index contributed by atoms with van der Waals surface area (Å²) in [5.74, 6) is -0.369. The number of likely N-dealkylation sites (tertiary alicyclic amines) is 1. The average Bonchev–Trinajstić information content (AvgIpc) is 3.67. The lowest BCUT2D eigenvalue weighted by Crippen LogP contribution is -2.39. The number of nitrogens with zero attached hydrogens (tertiary/aromatic N) is 5. The van der Waals surface area contributed by atoms with Crippen molar-refractivity contribution < 1.29 is 45.7 Å². The van der Waals surface area contributed by atoms with Gasteiger partial charge in [0.05, 0.1) is 39.0 Å². The minimum absolute atomic E-state index is 0.113. The van der Waals surface area contributed by atoms with Crippen molar-refractivity contribution in [3.8, 4) is 17.2 Å². The molecule has 0 saturated carbocycles. The molecule has 2 fully saturated rings. The van der Waals surface area contributed by atoms with Crippen molar-refractivity contribution in [2.24, 2.45) is 0 Å². The molecular weight excluding hydrogens is 701 g/mol. The fourth-order valence-corrected chi connectivity index (χ4v) is 7.48. The maximum Gasteiger partial charge on any atom is 0.411 e. The maximum atomic E-state index is 14.7. The van der Waals surface area contributed by atoms with Gasteiger partial charge in [-0.25, -0.2) is 13.8 Å². The maximum absolute atomic E-state index is 14.7. The van der Waals surface area contributed by atoms with Crippen LogP contribution in [-0.2, 0) is 16.7 Å². The van der Waals surface area contributed by atoms with Crippen LogP contribution in [0.25, 0.3) is 11.0 Å². The van der Waals surface area contributed by atoms with Crippen molar-refractivity contribution in [2.75, 3.05) is 85.3 Å².